The molecular formula is C21H16BrN3O. The number of hydrogen-bond donors (Lipinski definition) is 1. The quantitative estimate of drug-likeness (QED) is 0.444. The number of hydrogen-bond acceptors (Lipinski definition) is 4. The number of halogens is 1. The van der Waals surface area contributed by atoms with Crippen LogP contribution >= 0.6 is 15.9 Å². The molecule has 0 heterocycles. The Kier molecular flexibility index (Phi) is 6.02. The topological polar surface area (TPSA) is 57.4 Å². The molecule has 128 valence electrons. The first-order valence-corrected chi connectivity index (χ1v) is 8.80. The van der Waals surface area contributed by atoms with Gasteiger partial charge in [0.25, 0.3) is 0 Å². The summed E-state index contributed by atoms with van der Waals surface area (Å²) in [5.74, 6) is 0.714. The Hall–Kier alpha value is -3.10. The lowest BCUT2D eigenvalue weighted by Crippen LogP contribution is -1.99. The SMILES string of the molecule is N#Cc1ccccc1COc1ccc(C=NNc2ccccc2)cc1Br. The molecule has 0 saturated heterocycles. The maximum atomic E-state index is 9.14. The molecule has 0 aliphatic carbocycles. The van der Waals surface area contributed by atoms with E-state index in [9.17, 15) is 0 Å². The highest BCUT2D eigenvalue weighted by Crippen LogP contribution is 2.26. The Bertz CT molecular complexity index is 949. The summed E-state index contributed by atoms with van der Waals surface area (Å²) in [6.45, 7) is 0.339. The molecule has 26 heavy (non-hydrogen) atoms. The first kappa shape index (κ1) is 17.7. The standard InChI is InChI=1S/C21H16BrN3O/c22-20-12-16(14-24-25-19-8-2-1-3-9-19)10-11-21(20)26-15-18-7-5-4-6-17(18)13-23/h1-12,14,25H,15H2. The maximum Gasteiger partial charge on any atom is 0.134 e. The second-order valence-electron chi connectivity index (χ2n) is 5.48. The van der Waals surface area contributed by atoms with Crippen LogP contribution in [0.4, 0.5) is 5.69 Å². The zero-order chi connectivity index (χ0) is 18.2. The highest BCUT2D eigenvalue weighted by molar-refractivity contribution is 9.10. The van der Waals surface area contributed by atoms with Gasteiger partial charge in [-0.1, -0.05) is 36.4 Å². The van der Waals surface area contributed by atoms with Gasteiger partial charge in [-0.3, -0.25) is 5.43 Å². The molecule has 0 spiro atoms. The third-order valence-electron chi connectivity index (χ3n) is 3.66. The largest absolute Gasteiger partial charge is 0.488 e. The number of nitrogens with zero attached hydrogens (tertiary/aromatic N) is 2. The molecule has 0 aliphatic rings. The fourth-order valence-electron chi connectivity index (χ4n) is 2.32. The Morgan fingerprint density at radius 2 is 1.81 bits per heavy atom. The van der Waals surface area contributed by atoms with E-state index >= 15 is 0 Å². The van der Waals surface area contributed by atoms with Crippen LogP contribution in [0.1, 0.15) is 16.7 Å². The van der Waals surface area contributed by atoms with Crippen LogP contribution in [0, 0.1) is 11.3 Å². The zero-order valence-electron chi connectivity index (χ0n) is 13.9. The highest BCUT2D eigenvalue weighted by Gasteiger charge is 2.05. The molecule has 0 bridgehead atoms. The predicted octanol–water partition coefficient (Wildman–Crippen LogP) is 5.35. The molecule has 4 nitrogen and oxygen atoms in total. The number of rotatable bonds is 6. The molecule has 0 amide bonds. The molecule has 0 aliphatic heterocycles. The summed E-state index contributed by atoms with van der Waals surface area (Å²) >= 11 is 3.52. The molecule has 0 atom stereocenters. The summed E-state index contributed by atoms with van der Waals surface area (Å²) in [5, 5.41) is 13.4. The van der Waals surface area contributed by atoms with E-state index in [-0.39, 0.29) is 0 Å². The lowest BCUT2D eigenvalue weighted by Gasteiger charge is -2.10. The number of nitrogens with one attached hydrogen (secondary N) is 1. The van der Waals surface area contributed by atoms with Gasteiger partial charge in [-0.15, -0.1) is 0 Å². The number of nitriles is 1. The van der Waals surface area contributed by atoms with Crippen LogP contribution in [0.15, 0.2) is 82.4 Å². The van der Waals surface area contributed by atoms with E-state index in [1.165, 1.54) is 0 Å². The average Bonchev–Trinajstić information content (AvgIpc) is 2.68. The fourth-order valence-corrected chi connectivity index (χ4v) is 2.83. The second-order valence-corrected chi connectivity index (χ2v) is 6.34. The lowest BCUT2D eigenvalue weighted by atomic mass is 10.1. The predicted molar refractivity (Wildman–Crippen MR) is 107 cm³/mol. The van der Waals surface area contributed by atoms with Gasteiger partial charge >= 0.3 is 0 Å². The third kappa shape index (κ3) is 4.71. The molecule has 0 saturated carbocycles. The number of hydrazone groups is 1. The van der Waals surface area contributed by atoms with Crippen LogP contribution < -0.4 is 10.2 Å². The molecule has 3 rings (SSSR count). The lowest BCUT2D eigenvalue weighted by molar-refractivity contribution is 0.304. The normalized spacial score (nSPS) is 10.5. The number of ether oxygens (including phenoxy) is 1. The average molecular weight is 406 g/mol. The summed E-state index contributed by atoms with van der Waals surface area (Å²) in [5.41, 5.74) is 6.33. The van der Waals surface area contributed by atoms with Crippen molar-refractivity contribution in [2.75, 3.05) is 5.43 Å². The van der Waals surface area contributed by atoms with Gasteiger partial charge in [0.15, 0.2) is 0 Å². The number of benzene rings is 3. The third-order valence-corrected chi connectivity index (χ3v) is 4.28. The van der Waals surface area contributed by atoms with Gasteiger partial charge in [0.2, 0.25) is 0 Å². The van der Waals surface area contributed by atoms with E-state index in [2.05, 4.69) is 32.5 Å². The van der Waals surface area contributed by atoms with E-state index in [4.69, 9.17) is 10.00 Å². The Labute approximate surface area is 160 Å². The van der Waals surface area contributed by atoms with Crippen LogP contribution in [0.2, 0.25) is 0 Å². The van der Waals surface area contributed by atoms with Crippen LogP contribution in [-0.2, 0) is 6.61 Å². The van der Waals surface area contributed by atoms with Crippen LogP contribution in [0.5, 0.6) is 5.75 Å². The Morgan fingerprint density at radius 3 is 2.58 bits per heavy atom. The summed E-state index contributed by atoms with van der Waals surface area (Å²) < 4.78 is 6.67. The van der Waals surface area contributed by atoms with Crippen LogP contribution in [0.3, 0.4) is 0 Å². The monoisotopic (exact) mass is 405 g/mol. The van der Waals surface area contributed by atoms with E-state index in [1.54, 1.807) is 12.3 Å². The van der Waals surface area contributed by atoms with E-state index in [1.807, 2.05) is 66.7 Å². The van der Waals surface area contributed by atoms with Crippen molar-refractivity contribution in [2.45, 2.75) is 6.61 Å². The van der Waals surface area contributed by atoms with Crippen molar-refractivity contribution in [3.05, 3.63) is 94.0 Å². The van der Waals surface area contributed by atoms with Crippen LogP contribution in [-0.4, -0.2) is 6.21 Å². The van der Waals surface area contributed by atoms with Crippen molar-refractivity contribution in [1.29, 1.82) is 5.26 Å². The summed E-state index contributed by atoms with van der Waals surface area (Å²) in [6, 6.07) is 25.1. The molecule has 0 aromatic heterocycles. The van der Waals surface area contributed by atoms with E-state index < -0.39 is 0 Å². The molecule has 5 heteroatoms. The van der Waals surface area contributed by atoms with Gasteiger partial charge in [-0.05, 0) is 57.9 Å². The maximum absolute atomic E-state index is 9.14. The van der Waals surface area contributed by atoms with E-state index in [0.29, 0.717) is 17.9 Å². The minimum Gasteiger partial charge on any atom is -0.488 e. The number of para-hydroxylation sites is 1. The van der Waals surface area contributed by atoms with Gasteiger partial charge in [0.1, 0.15) is 12.4 Å². The van der Waals surface area contributed by atoms with Crippen molar-refractivity contribution in [2.24, 2.45) is 5.10 Å². The minimum absolute atomic E-state index is 0.339. The van der Waals surface area contributed by atoms with Crippen molar-refractivity contribution < 1.29 is 4.74 Å². The number of anilines is 1. The van der Waals surface area contributed by atoms with Crippen molar-refractivity contribution in [1.82, 2.24) is 0 Å². The molecule has 3 aromatic rings. The first-order chi connectivity index (χ1) is 12.8. The summed E-state index contributed by atoms with van der Waals surface area (Å²) in [7, 11) is 0. The van der Waals surface area contributed by atoms with Crippen LogP contribution in [0.25, 0.3) is 0 Å². The highest BCUT2D eigenvalue weighted by atomic mass is 79.9. The first-order valence-electron chi connectivity index (χ1n) is 8.01. The van der Waals surface area contributed by atoms with Crippen molar-refractivity contribution >= 4 is 27.8 Å². The van der Waals surface area contributed by atoms with Gasteiger partial charge in [0.05, 0.1) is 28.0 Å². The van der Waals surface area contributed by atoms with Gasteiger partial charge in [-0.25, -0.2) is 0 Å². The minimum atomic E-state index is 0.339. The van der Waals surface area contributed by atoms with Gasteiger partial charge < -0.3 is 4.74 Å². The zero-order valence-corrected chi connectivity index (χ0v) is 15.5. The molecule has 0 radical (unpaired) electrons. The van der Waals surface area contributed by atoms with Crippen molar-refractivity contribution in [3.63, 3.8) is 0 Å². The van der Waals surface area contributed by atoms with Gasteiger partial charge in [-0.2, -0.15) is 10.4 Å². The molecule has 1 N–H and O–H groups in total. The molecule has 0 unspecified atom stereocenters. The second kappa shape index (κ2) is 8.84. The summed E-state index contributed by atoms with van der Waals surface area (Å²) in [6.07, 6.45) is 1.74. The fraction of sp³-hybridized carbons (Fsp3) is 0.0476. The van der Waals surface area contributed by atoms with Gasteiger partial charge in [0, 0.05) is 5.56 Å². The molecular weight excluding hydrogens is 390 g/mol. The van der Waals surface area contributed by atoms with E-state index in [0.717, 1.165) is 21.3 Å². The molecule has 0 fully saturated rings. The Balaban J connectivity index is 1.63. The smallest absolute Gasteiger partial charge is 0.134 e. The van der Waals surface area contributed by atoms with Crippen molar-refractivity contribution in [3.8, 4) is 11.8 Å². The molecule has 3 aromatic carbocycles. The Morgan fingerprint density at radius 1 is 1.04 bits per heavy atom. The summed E-state index contributed by atoms with van der Waals surface area (Å²) in [4.78, 5) is 0.